The standard InChI is InChI=1S/C19H27ClN2O/c1-14-13-17(21-2)7-8-18(14)22-11-9-19(23,10-12-22)15-3-5-16(20)6-4-15/h3,5-8,14-15,21,23H,4,9-13H2,1-2H3. The van der Waals surface area contributed by atoms with Gasteiger partial charge in [0.25, 0.3) is 0 Å². The lowest BCUT2D eigenvalue weighted by molar-refractivity contribution is -0.0482. The number of hydrogen-bond donors (Lipinski definition) is 2. The van der Waals surface area contributed by atoms with Crippen molar-refractivity contribution in [2.24, 2.45) is 11.8 Å². The molecular formula is C19H27ClN2O. The van der Waals surface area contributed by atoms with Crippen LogP contribution in [0.15, 0.2) is 46.8 Å². The first kappa shape index (κ1) is 16.7. The first-order valence-corrected chi connectivity index (χ1v) is 8.99. The number of rotatable bonds is 3. The molecule has 0 aromatic heterocycles. The Hall–Kier alpha value is -1.19. The summed E-state index contributed by atoms with van der Waals surface area (Å²) in [5.74, 6) is 0.727. The third-order valence-electron chi connectivity index (χ3n) is 5.55. The molecule has 0 bridgehead atoms. The predicted molar refractivity (Wildman–Crippen MR) is 95.9 cm³/mol. The normalized spacial score (nSPS) is 30.4. The van der Waals surface area contributed by atoms with Gasteiger partial charge in [0.05, 0.1) is 5.60 Å². The van der Waals surface area contributed by atoms with Crippen LogP contribution in [0.5, 0.6) is 0 Å². The summed E-state index contributed by atoms with van der Waals surface area (Å²) in [6, 6.07) is 0. The molecule has 0 aromatic rings. The van der Waals surface area contributed by atoms with Crippen molar-refractivity contribution in [2.75, 3.05) is 20.1 Å². The minimum Gasteiger partial charge on any atom is -0.391 e. The van der Waals surface area contributed by atoms with Gasteiger partial charge in [-0.1, -0.05) is 30.7 Å². The topological polar surface area (TPSA) is 35.5 Å². The van der Waals surface area contributed by atoms with Crippen molar-refractivity contribution in [3.63, 3.8) is 0 Å². The summed E-state index contributed by atoms with van der Waals surface area (Å²) in [6.45, 7) is 4.14. The number of nitrogens with zero attached hydrogens (tertiary/aromatic N) is 1. The molecule has 2 unspecified atom stereocenters. The first-order valence-electron chi connectivity index (χ1n) is 8.61. The average Bonchev–Trinajstić information content (AvgIpc) is 2.56. The Morgan fingerprint density at radius 1 is 1.30 bits per heavy atom. The molecule has 1 fully saturated rings. The Bertz CT molecular complexity index is 568. The Morgan fingerprint density at radius 2 is 2.04 bits per heavy atom. The van der Waals surface area contributed by atoms with Gasteiger partial charge in [-0.2, -0.15) is 0 Å². The molecular weight excluding hydrogens is 308 g/mol. The zero-order valence-electron chi connectivity index (χ0n) is 14.1. The number of allylic oxidation sites excluding steroid dienone is 7. The second kappa shape index (κ2) is 6.74. The van der Waals surface area contributed by atoms with Crippen LogP contribution in [0, 0.1) is 11.8 Å². The van der Waals surface area contributed by atoms with E-state index in [1.54, 1.807) is 0 Å². The van der Waals surface area contributed by atoms with Crippen LogP contribution in [0.4, 0.5) is 0 Å². The second-order valence-corrected chi connectivity index (χ2v) is 7.46. The van der Waals surface area contributed by atoms with Gasteiger partial charge in [-0.15, -0.1) is 0 Å². The lowest BCUT2D eigenvalue weighted by Crippen LogP contribution is -2.48. The molecule has 4 heteroatoms. The van der Waals surface area contributed by atoms with Gasteiger partial charge in [-0.25, -0.2) is 0 Å². The van der Waals surface area contributed by atoms with E-state index in [4.69, 9.17) is 11.6 Å². The zero-order chi connectivity index (χ0) is 16.4. The maximum Gasteiger partial charge on any atom is 0.0746 e. The second-order valence-electron chi connectivity index (χ2n) is 7.02. The van der Waals surface area contributed by atoms with E-state index in [9.17, 15) is 5.11 Å². The summed E-state index contributed by atoms with van der Waals surface area (Å²) in [7, 11) is 1.98. The summed E-state index contributed by atoms with van der Waals surface area (Å²) < 4.78 is 0. The van der Waals surface area contributed by atoms with E-state index in [1.165, 1.54) is 11.4 Å². The summed E-state index contributed by atoms with van der Waals surface area (Å²) in [5.41, 5.74) is 2.12. The van der Waals surface area contributed by atoms with Gasteiger partial charge >= 0.3 is 0 Å². The maximum atomic E-state index is 11.1. The van der Waals surface area contributed by atoms with E-state index in [2.05, 4.69) is 35.4 Å². The monoisotopic (exact) mass is 334 g/mol. The summed E-state index contributed by atoms with van der Waals surface area (Å²) in [5, 5.41) is 15.1. The molecule has 126 valence electrons. The Kier molecular flexibility index (Phi) is 4.88. The van der Waals surface area contributed by atoms with E-state index in [0.29, 0.717) is 5.92 Å². The van der Waals surface area contributed by atoms with E-state index in [1.807, 2.05) is 19.2 Å². The maximum absolute atomic E-state index is 11.1. The fraction of sp³-hybridized carbons (Fsp3) is 0.579. The van der Waals surface area contributed by atoms with Gasteiger partial charge in [-0.05, 0) is 43.9 Å². The Balaban J connectivity index is 1.63. The lowest BCUT2D eigenvalue weighted by Gasteiger charge is -2.45. The van der Waals surface area contributed by atoms with E-state index >= 15 is 0 Å². The van der Waals surface area contributed by atoms with Crippen molar-refractivity contribution in [3.8, 4) is 0 Å². The largest absolute Gasteiger partial charge is 0.391 e. The number of nitrogens with one attached hydrogen (secondary N) is 1. The zero-order valence-corrected chi connectivity index (χ0v) is 14.8. The highest BCUT2D eigenvalue weighted by Crippen LogP contribution is 2.38. The molecule has 3 aliphatic rings. The number of hydrogen-bond acceptors (Lipinski definition) is 3. The molecule has 0 aromatic carbocycles. The van der Waals surface area contributed by atoms with Gasteiger partial charge < -0.3 is 15.3 Å². The molecule has 0 saturated carbocycles. The van der Waals surface area contributed by atoms with Gasteiger partial charge in [0.2, 0.25) is 0 Å². The van der Waals surface area contributed by atoms with E-state index < -0.39 is 5.60 Å². The van der Waals surface area contributed by atoms with Crippen molar-refractivity contribution in [1.82, 2.24) is 10.2 Å². The number of likely N-dealkylation sites (tertiary alicyclic amines) is 1. The third-order valence-corrected chi connectivity index (χ3v) is 5.83. The van der Waals surface area contributed by atoms with Gasteiger partial charge in [0.1, 0.15) is 0 Å². The van der Waals surface area contributed by atoms with E-state index in [-0.39, 0.29) is 5.92 Å². The highest BCUT2D eigenvalue weighted by atomic mass is 35.5. The van der Waals surface area contributed by atoms with Gasteiger partial charge in [0.15, 0.2) is 0 Å². The molecule has 1 aliphatic heterocycles. The Morgan fingerprint density at radius 3 is 2.61 bits per heavy atom. The third kappa shape index (κ3) is 3.51. The Labute approximate surface area is 144 Å². The molecule has 1 heterocycles. The van der Waals surface area contributed by atoms with Crippen LogP contribution in [-0.2, 0) is 0 Å². The molecule has 2 atom stereocenters. The highest BCUT2D eigenvalue weighted by molar-refractivity contribution is 6.31. The molecule has 3 nitrogen and oxygen atoms in total. The SMILES string of the molecule is CNC1=CC=C(N2CCC(O)(C3C=CC(Cl)=CC3)CC2)C(C)C1. The smallest absolute Gasteiger partial charge is 0.0746 e. The van der Waals surface area contributed by atoms with Gasteiger partial charge in [0, 0.05) is 48.4 Å². The molecule has 0 spiro atoms. The molecule has 2 aliphatic carbocycles. The van der Waals surface area contributed by atoms with Crippen LogP contribution >= 0.6 is 11.6 Å². The van der Waals surface area contributed by atoms with E-state index in [0.717, 1.165) is 43.8 Å². The number of halogens is 1. The van der Waals surface area contributed by atoms with Crippen LogP contribution in [0.3, 0.4) is 0 Å². The highest BCUT2D eigenvalue weighted by Gasteiger charge is 2.39. The molecule has 0 amide bonds. The summed E-state index contributed by atoms with van der Waals surface area (Å²) >= 11 is 6.00. The van der Waals surface area contributed by atoms with Crippen molar-refractivity contribution in [2.45, 2.75) is 38.2 Å². The van der Waals surface area contributed by atoms with Crippen LogP contribution in [0.1, 0.15) is 32.6 Å². The predicted octanol–water partition coefficient (Wildman–Crippen LogP) is 3.54. The van der Waals surface area contributed by atoms with Crippen LogP contribution in [0.25, 0.3) is 0 Å². The average molecular weight is 335 g/mol. The quantitative estimate of drug-likeness (QED) is 0.828. The molecule has 0 radical (unpaired) electrons. The minimum atomic E-state index is -0.592. The molecule has 3 rings (SSSR count). The van der Waals surface area contributed by atoms with Crippen molar-refractivity contribution in [1.29, 1.82) is 0 Å². The van der Waals surface area contributed by atoms with Crippen LogP contribution in [0.2, 0.25) is 0 Å². The first-order chi connectivity index (χ1) is 11.0. The lowest BCUT2D eigenvalue weighted by atomic mass is 9.76. The van der Waals surface area contributed by atoms with Crippen molar-refractivity contribution < 1.29 is 5.11 Å². The van der Waals surface area contributed by atoms with Gasteiger partial charge in [-0.3, -0.25) is 0 Å². The fourth-order valence-corrected chi connectivity index (χ4v) is 4.13. The summed E-state index contributed by atoms with van der Waals surface area (Å²) in [6.07, 6.45) is 14.0. The molecule has 23 heavy (non-hydrogen) atoms. The number of aliphatic hydroxyl groups is 1. The number of piperidine rings is 1. The van der Waals surface area contributed by atoms with Crippen LogP contribution < -0.4 is 5.32 Å². The van der Waals surface area contributed by atoms with Crippen molar-refractivity contribution in [3.05, 3.63) is 46.8 Å². The summed E-state index contributed by atoms with van der Waals surface area (Å²) in [4.78, 5) is 2.46. The minimum absolute atomic E-state index is 0.195. The molecule has 1 saturated heterocycles. The fourth-order valence-electron chi connectivity index (χ4n) is 3.97. The molecule has 2 N–H and O–H groups in total. The van der Waals surface area contributed by atoms with Crippen molar-refractivity contribution >= 4 is 11.6 Å². The van der Waals surface area contributed by atoms with Crippen LogP contribution in [-0.4, -0.2) is 35.7 Å².